The van der Waals surface area contributed by atoms with E-state index in [-0.39, 0.29) is 0 Å². The first kappa shape index (κ1) is 18.9. The Labute approximate surface area is 154 Å². The van der Waals surface area contributed by atoms with Crippen LogP contribution < -0.4 is 9.47 Å². The van der Waals surface area contributed by atoms with Crippen molar-refractivity contribution in [1.82, 2.24) is 0 Å². The van der Waals surface area contributed by atoms with Crippen LogP contribution in [-0.4, -0.2) is 13.2 Å². The summed E-state index contributed by atoms with van der Waals surface area (Å²) < 4.78 is 11.5. The number of unbranched alkanes of at least 4 members (excludes halogenated alkanes) is 1. The van der Waals surface area contributed by atoms with E-state index in [2.05, 4.69) is 13.0 Å². The Morgan fingerprint density at radius 1 is 1.08 bits per heavy atom. The molecule has 0 radical (unpaired) electrons. The van der Waals surface area contributed by atoms with Crippen LogP contribution >= 0.6 is 11.6 Å². The lowest BCUT2D eigenvalue weighted by Gasteiger charge is -2.12. The van der Waals surface area contributed by atoms with Crippen molar-refractivity contribution in [3.63, 3.8) is 0 Å². The predicted molar refractivity (Wildman–Crippen MR) is 103 cm³/mol. The van der Waals surface area contributed by atoms with E-state index in [9.17, 15) is 5.26 Å². The second kappa shape index (κ2) is 9.76. The topological polar surface area (TPSA) is 42.2 Å². The summed E-state index contributed by atoms with van der Waals surface area (Å²) in [7, 11) is 0. The molecule has 0 atom stereocenters. The molecule has 0 spiro atoms. The van der Waals surface area contributed by atoms with E-state index < -0.39 is 0 Å². The van der Waals surface area contributed by atoms with Gasteiger partial charge in [0.05, 0.1) is 24.9 Å². The van der Waals surface area contributed by atoms with Gasteiger partial charge < -0.3 is 9.47 Å². The van der Waals surface area contributed by atoms with Crippen LogP contribution in [0.5, 0.6) is 11.5 Å². The highest BCUT2D eigenvalue weighted by Gasteiger charge is 2.07. The first-order valence-corrected chi connectivity index (χ1v) is 8.83. The quantitative estimate of drug-likeness (QED) is 0.332. The van der Waals surface area contributed by atoms with E-state index in [0.717, 1.165) is 29.7 Å². The van der Waals surface area contributed by atoms with Crippen molar-refractivity contribution in [2.24, 2.45) is 0 Å². The molecule has 0 saturated heterocycles. The molecule has 25 heavy (non-hydrogen) atoms. The second-order valence-electron chi connectivity index (χ2n) is 5.52. The molecule has 0 bridgehead atoms. The molecule has 0 aliphatic rings. The van der Waals surface area contributed by atoms with Gasteiger partial charge in [-0.25, -0.2) is 0 Å². The minimum Gasteiger partial charge on any atom is -0.490 e. The van der Waals surface area contributed by atoms with Gasteiger partial charge in [0.2, 0.25) is 0 Å². The minimum absolute atomic E-state index is 0.555. The fraction of sp³-hybridized carbons (Fsp3) is 0.286. The summed E-state index contributed by atoms with van der Waals surface area (Å²) in [6, 6.07) is 15.2. The molecule has 0 unspecified atom stereocenters. The van der Waals surface area contributed by atoms with Gasteiger partial charge in [0.15, 0.2) is 11.5 Å². The van der Waals surface area contributed by atoms with Crippen LogP contribution in [0.2, 0.25) is 5.02 Å². The number of benzene rings is 2. The van der Waals surface area contributed by atoms with Crippen LogP contribution in [0.15, 0.2) is 42.5 Å². The maximum Gasteiger partial charge on any atom is 0.161 e. The lowest BCUT2D eigenvalue weighted by molar-refractivity contribution is 0.272. The summed E-state index contributed by atoms with van der Waals surface area (Å²) in [5.41, 5.74) is 2.28. The maximum absolute atomic E-state index is 9.47. The number of nitrogens with zero attached hydrogens (tertiary/aromatic N) is 1. The molecule has 2 aromatic rings. The van der Waals surface area contributed by atoms with E-state index in [1.54, 1.807) is 12.1 Å². The Morgan fingerprint density at radius 3 is 2.48 bits per heavy atom. The van der Waals surface area contributed by atoms with Crippen LogP contribution in [0.3, 0.4) is 0 Å². The lowest BCUT2D eigenvalue weighted by atomic mass is 10.0. The first-order valence-electron chi connectivity index (χ1n) is 8.45. The van der Waals surface area contributed by atoms with Crippen LogP contribution in [-0.2, 0) is 0 Å². The summed E-state index contributed by atoms with van der Waals surface area (Å²) in [4.78, 5) is 0. The fourth-order valence-corrected chi connectivity index (χ4v) is 2.43. The second-order valence-corrected chi connectivity index (χ2v) is 5.95. The maximum atomic E-state index is 9.47. The number of hydrogen-bond acceptors (Lipinski definition) is 3. The number of nitriles is 1. The highest BCUT2D eigenvalue weighted by Crippen LogP contribution is 2.30. The summed E-state index contributed by atoms with van der Waals surface area (Å²) in [5.74, 6) is 1.43. The molecule has 0 heterocycles. The van der Waals surface area contributed by atoms with Crippen molar-refractivity contribution in [3.05, 3.63) is 58.6 Å². The molecule has 4 heteroatoms. The monoisotopic (exact) mass is 355 g/mol. The molecule has 0 fully saturated rings. The van der Waals surface area contributed by atoms with Gasteiger partial charge in [-0.15, -0.1) is 0 Å². The smallest absolute Gasteiger partial charge is 0.161 e. The molecule has 0 saturated carbocycles. The molecular weight excluding hydrogens is 334 g/mol. The molecule has 3 nitrogen and oxygen atoms in total. The molecule has 0 N–H and O–H groups in total. The summed E-state index contributed by atoms with van der Waals surface area (Å²) in [6.07, 6.45) is 3.92. The zero-order chi connectivity index (χ0) is 18.1. The number of rotatable bonds is 8. The van der Waals surface area contributed by atoms with Crippen molar-refractivity contribution >= 4 is 23.3 Å². The van der Waals surface area contributed by atoms with Gasteiger partial charge in [0.1, 0.15) is 0 Å². The first-order chi connectivity index (χ1) is 12.2. The van der Waals surface area contributed by atoms with Gasteiger partial charge in [-0.2, -0.15) is 5.26 Å². The van der Waals surface area contributed by atoms with Crippen LogP contribution in [0.25, 0.3) is 11.6 Å². The SMILES string of the molecule is CCCCOc1ccc(/C=C(\C#N)c2ccc(Cl)cc2)cc1OCC. The highest BCUT2D eigenvalue weighted by molar-refractivity contribution is 6.30. The molecule has 2 rings (SSSR count). The van der Waals surface area contributed by atoms with Gasteiger partial charge in [-0.05, 0) is 54.8 Å². The van der Waals surface area contributed by atoms with E-state index in [1.165, 1.54) is 0 Å². The third-order valence-corrected chi connectivity index (χ3v) is 3.86. The number of ether oxygens (including phenoxy) is 2. The lowest BCUT2D eigenvalue weighted by Crippen LogP contribution is -2.00. The Hall–Kier alpha value is -2.44. The van der Waals surface area contributed by atoms with Crippen LogP contribution in [0.1, 0.15) is 37.8 Å². The molecule has 0 amide bonds. The number of allylic oxidation sites excluding steroid dienone is 1. The van der Waals surface area contributed by atoms with E-state index in [0.29, 0.717) is 29.6 Å². The zero-order valence-corrected chi connectivity index (χ0v) is 15.3. The van der Waals surface area contributed by atoms with Gasteiger partial charge in [-0.1, -0.05) is 43.1 Å². The zero-order valence-electron chi connectivity index (χ0n) is 14.6. The van der Waals surface area contributed by atoms with Crippen LogP contribution in [0.4, 0.5) is 0 Å². The Morgan fingerprint density at radius 2 is 1.84 bits per heavy atom. The number of halogens is 1. The predicted octanol–water partition coefficient (Wildman–Crippen LogP) is 5.98. The average molecular weight is 356 g/mol. The molecule has 130 valence electrons. The molecule has 2 aromatic carbocycles. The van der Waals surface area contributed by atoms with Gasteiger partial charge in [0.25, 0.3) is 0 Å². The van der Waals surface area contributed by atoms with E-state index >= 15 is 0 Å². The molecule has 0 aromatic heterocycles. The largest absolute Gasteiger partial charge is 0.490 e. The third kappa shape index (κ3) is 5.55. The molecular formula is C21H22ClNO2. The standard InChI is InChI=1S/C21H22ClNO2/c1-3-5-12-25-20-11-6-16(14-21(20)24-4-2)13-18(15-23)17-7-9-19(22)10-8-17/h6-11,13-14H,3-5,12H2,1-2H3/b18-13+. The van der Waals surface area contributed by atoms with Crippen molar-refractivity contribution in [1.29, 1.82) is 5.26 Å². The normalized spacial score (nSPS) is 11.0. The Kier molecular flexibility index (Phi) is 7.37. The van der Waals surface area contributed by atoms with Gasteiger partial charge in [0, 0.05) is 5.02 Å². The van der Waals surface area contributed by atoms with Crippen molar-refractivity contribution in [2.45, 2.75) is 26.7 Å². The van der Waals surface area contributed by atoms with E-state index in [1.807, 2.05) is 43.3 Å². The van der Waals surface area contributed by atoms with Crippen LogP contribution in [0, 0.1) is 11.3 Å². The Balaban J connectivity index is 2.29. The Bertz CT molecular complexity index is 760. The summed E-state index contributed by atoms with van der Waals surface area (Å²) in [6.45, 7) is 5.28. The third-order valence-electron chi connectivity index (χ3n) is 3.61. The minimum atomic E-state index is 0.555. The number of hydrogen-bond donors (Lipinski definition) is 0. The van der Waals surface area contributed by atoms with E-state index in [4.69, 9.17) is 21.1 Å². The molecule has 0 aliphatic heterocycles. The fourth-order valence-electron chi connectivity index (χ4n) is 2.30. The van der Waals surface area contributed by atoms with Crippen molar-refractivity contribution in [3.8, 4) is 17.6 Å². The highest BCUT2D eigenvalue weighted by atomic mass is 35.5. The van der Waals surface area contributed by atoms with Crippen molar-refractivity contribution in [2.75, 3.05) is 13.2 Å². The molecule has 0 aliphatic carbocycles. The van der Waals surface area contributed by atoms with Crippen molar-refractivity contribution < 1.29 is 9.47 Å². The van der Waals surface area contributed by atoms with Gasteiger partial charge >= 0.3 is 0 Å². The summed E-state index contributed by atoms with van der Waals surface area (Å²) in [5, 5.41) is 10.1. The van der Waals surface area contributed by atoms with Gasteiger partial charge in [-0.3, -0.25) is 0 Å². The average Bonchev–Trinajstić information content (AvgIpc) is 2.62. The summed E-state index contributed by atoms with van der Waals surface area (Å²) >= 11 is 5.91.